The second-order valence-corrected chi connectivity index (χ2v) is 5.48. The number of aliphatic carboxylic acids is 1. The first-order valence-electron chi connectivity index (χ1n) is 6.13. The van der Waals surface area contributed by atoms with E-state index in [1.54, 1.807) is 4.90 Å². The van der Waals surface area contributed by atoms with E-state index in [9.17, 15) is 9.90 Å². The van der Waals surface area contributed by atoms with Gasteiger partial charge >= 0.3 is 5.97 Å². The summed E-state index contributed by atoms with van der Waals surface area (Å²) in [6.45, 7) is 0.526. The fourth-order valence-corrected chi connectivity index (χ4v) is 2.95. The number of hydrogen-bond acceptors (Lipinski definition) is 7. The lowest BCUT2D eigenvalue weighted by Gasteiger charge is -2.17. The second-order valence-electron chi connectivity index (χ2n) is 4.70. The fraction of sp³-hybridized carbons (Fsp3) is 0.417. The quantitative estimate of drug-likeness (QED) is 0.861. The van der Waals surface area contributed by atoms with E-state index in [-0.39, 0.29) is 13.0 Å². The summed E-state index contributed by atoms with van der Waals surface area (Å²) in [5.41, 5.74) is 0.876. The van der Waals surface area contributed by atoms with Gasteiger partial charge in [0.05, 0.1) is 12.6 Å². The third kappa shape index (κ3) is 2.58. The Morgan fingerprint density at radius 2 is 2.45 bits per heavy atom. The Labute approximate surface area is 118 Å². The topological polar surface area (TPSA) is 99.7 Å². The molecule has 106 valence electrons. The lowest BCUT2D eigenvalue weighted by molar-refractivity contribution is -0.142. The highest BCUT2D eigenvalue weighted by Crippen LogP contribution is 2.22. The van der Waals surface area contributed by atoms with Crippen molar-refractivity contribution in [3.8, 4) is 11.4 Å². The lowest BCUT2D eigenvalue weighted by Crippen LogP contribution is -2.35. The van der Waals surface area contributed by atoms with E-state index < -0.39 is 18.1 Å². The van der Waals surface area contributed by atoms with Crippen LogP contribution < -0.4 is 0 Å². The number of likely N-dealkylation sites (tertiary alicyclic amines) is 1. The van der Waals surface area contributed by atoms with E-state index in [4.69, 9.17) is 9.63 Å². The van der Waals surface area contributed by atoms with Crippen LogP contribution in [0.3, 0.4) is 0 Å². The molecule has 3 heterocycles. The molecule has 0 spiro atoms. The molecule has 1 aliphatic heterocycles. The maximum absolute atomic E-state index is 11.1. The van der Waals surface area contributed by atoms with Crippen molar-refractivity contribution in [3.63, 3.8) is 0 Å². The van der Waals surface area contributed by atoms with Crippen LogP contribution in [0.15, 0.2) is 21.3 Å². The Morgan fingerprint density at radius 1 is 1.60 bits per heavy atom. The van der Waals surface area contributed by atoms with Gasteiger partial charge in [0.15, 0.2) is 0 Å². The molecule has 7 nitrogen and oxygen atoms in total. The Kier molecular flexibility index (Phi) is 3.51. The maximum Gasteiger partial charge on any atom is 0.321 e. The van der Waals surface area contributed by atoms with E-state index in [0.29, 0.717) is 18.3 Å². The molecular weight excluding hydrogens is 282 g/mol. The molecule has 0 bridgehead atoms. The highest BCUT2D eigenvalue weighted by atomic mass is 32.1. The highest BCUT2D eigenvalue weighted by molar-refractivity contribution is 7.08. The first-order chi connectivity index (χ1) is 9.63. The van der Waals surface area contributed by atoms with Gasteiger partial charge < -0.3 is 14.7 Å². The fourth-order valence-electron chi connectivity index (χ4n) is 2.31. The molecule has 0 amide bonds. The third-order valence-electron chi connectivity index (χ3n) is 3.25. The standard InChI is InChI=1S/C12H13N3O4S/c16-8-3-9(12(17)18)15(4-8)5-10-13-11(14-19-10)7-1-2-20-6-7/h1-2,6,8-9,16H,3-5H2,(H,17,18). The number of carboxylic acid groups (broad SMARTS) is 1. The average molecular weight is 295 g/mol. The van der Waals surface area contributed by atoms with Crippen molar-refractivity contribution < 1.29 is 19.5 Å². The van der Waals surface area contributed by atoms with Gasteiger partial charge in [-0.2, -0.15) is 16.3 Å². The van der Waals surface area contributed by atoms with Gasteiger partial charge in [-0.05, 0) is 11.4 Å². The number of hydrogen-bond donors (Lipinski definition) is 2. The monoisotopic (exact) mass is 295 g/mol. The number of aromatic nitrogens is 2. The number of aliphatic hydroxyl groups excluding tert-OH is 1. The number of aliphatic hydroxyl groups is 1. The van der Waals surface area contributed by atoms with Gasteiger partial charge in [0.25, 0.3) is 0 Å². The van der Waals surface area contributed by atoms with Crippen LogP contribution in [0.1, 0.15) is 12.3 Å². The summed E-state index contributed by atoms with van der Waals surface area (Å²) in [6.07, 6.45) is -0.406. The Balaban J connectivity index is 1.73. The van der Waals surface area contributed by atoms with Crippen LogP contribution in [0.5, 0.6) is 0 Å². The minimum Gasteiger partial charge on any atom is -0.480 e. The predicted octanol–water partition coefficient (Wildman–Crippen LogP) is 0.818. The van der Waals surface area contributed by atoms with Crippen molar-refractivity contribution in [2.45, 2.75) is 25.1 Å². The van der Waals surface area contributed by atoms with Crippen molar-refractivity contribution in [1.82, 2.24) is 15.0 Å². The summed E-state index contributed by atoms with van der Waals surface area (Å²) in [5, 5.41) is 26.4. The molecule has 1 saturated heterocycles. The van der Waals surface area contributed by atoms with Crippen LogP contribution in [0.25, 0.3) is 11.4 Å². The highest BCUT2D eigenvalue weighted by Gasteiger charge is 2.36. The van der Waals surface area contributed by atoms with E-state index in [2.05, 4.69) is 10.1 Å². The molecular formula is C12H13N3O4S. The first kappa shape index (κ1) is 13.2. The van der Waals surface area contributed by atoms with E-state index in [0.717, 1.165) is 5.56 Å². The normalized spacial score (nSPS) is 23.2. The van der Waals surface area contributed by atoms with Gasteiger partial charge in [0.1, 0.15) is 6.04 Å². The van der Waals surface area contributed by atoms with Crippen molar-refractivity contribution in [3.05, 3.63) is 22.7 Å². The average Bonchev–Trinajstić information content (AvgIpc) is 3.09. The van der Waals surface area contributed by atoms with Crippen LogP contribution in [0.2, 0.25) is 0 Å². The van der Waals surface area contributed by atoms with Crippen LogP contribution >= 0.6 is 11.3 Å². The summed E-state index contributed by atoms with van der Waals surface area (Å²) in [4.78, 5) is 17.0. The molecule has 2 atom stereocenters. The van der Waals surface area contributed by atoms with Crippen molar-refractivity contribution in [2.75, 3.05) is 6.54 Å². The number of rotatable bonds is 4. The van der Waals surface area contributed by atoms with Crippen molar-refractivity contribution in [1.29, 1.82) is 0 Å². The Hall–Kier alpha value is -1.77. The largest absolute Gasteiger partial charge is 0.480 e. The minimum atomic E-state index is -0.945. The molecule has 2 aromatic heterocycles. The van der Waals surface area contributed by atoms with Gasteiger partial charge in [-0.3, -0.25) is 9.69 Å². The number of nitrogens with zero attached hydrogens (tertiary/aromatic N) is 3. The minimum absolute atomic E-state index is 0.223. The molecule has 1 aliphatic rings. The molecule has 8 heteroatoms. The molecule has 2 aromatic rings. The third-order valence-corrected chi connectivity index (χ3v) is 3.94. The number of carboxylic acids is 1. The van der Waals surface area contributed by atoms with E-state index in [1.807, 2.05) is 16.8 Å². The number of β-amino-alcohol motifs (C(OH)–C–C–N with tert-alkyl or cyclic N) is 1. The summed E-state index contributed by atoms with van der Waals surface area (Å²) >= 11 is 1.54. The first-order valence-corrected chi connectivity index (χ1v) is 7.08. The summed E-state index contributed by atoms with van der Waals surface area (Å²) < 4.78 is 5.14. The van der Waals surface area contributed by atoms with Crippen LogP contribution in [0, 0.1) is 0 Å². The molecule has 0 saturated carbocycles. The van der Waals surface area contributed by atoms with Crippen molar-refractivity contribution >= 4 is 17.3 Å². The number of thiophene rings is 1. The van der Waals surface area contributed by atoms with Gasteiger partial charge in [-0.25, -0.2) is 0 Å². The summed E-state index contributed by atoms with van der Waals surface area (Å²) in [7, 11) is 0. The lowest BCUT2D eigenvalue weighted by atomic mass is 10.2. The summed E-state index contributed by atoms with van der Waals surface area (Å²) in [6, 6.07) is 1.18. The van der Waals surface area contributed by atoms with Gasteiger partial charge in [-0.15, -0.1) is 0 Å². The SMILES string of the molecule is O=C(O)C1CC(O)CN1Cc1nc(-c2ccsc2)no1. The smallest absolute Gasteiger partial charge is 0.321 e. The number of carbonyl (C=O) groups is 1. The molecule has 0 aromatic carbocycles. The molecule has 2 N–H and O–H groups in total. The molecule has 2 unspecified atom stereocenters. The predicted molar refractivity (Wildman–Crippen MR) is 70.1 cm³/mol. The van der Waals surface area contributed by atoms with Gasteiger partial charge in [0.2, 0.25) is 11.7 Å². The maximum atomic E-state index is 11.1. The Bertz CT molecular complexity index is 598. The molecule has 1 fully saturated rings. The Morgan fingerprint density at radius 3 is 3.15 bits per heavy atom. The zero-order valence-corrected chi connectivity index (χ0v) is 11.3. The van der Waals surface area contributed by atoms with Crippen LogP contribution in [0.4, 0.5) is 0 Å². The molecule has 0 aliphatic carbocycles. The zero-order valence-electron chi connectivity index (χ0n) is 10.5. The van der Waals surface area contributed by atoms with Gasteiger partial charge in [-0.1, -0.05) is 5.16 Å². The van der Waals surface area contributed by atoms with Gasteiger partial charge in [0, 0.05) is 23.9 Å². The molecule has 20 heavy (non-hydrogen) atoms. The molecule has 0 radical (unpaired) electrons. The second kappa shape index (κ2) is 5.31. The zero-order chi connectivity index (χ0) is 14.1. The van der Waals surface area contributed by atoms with Crippen LogP contribution in [-0.2, 0) is 11.3 Å². The van der Waals surface area contributed by atoms with E-state index in [1.165, 1.54) is 11.3 Å². The molecule has 3 rings (SSSR count). The summed E-state index contributed by atoms with van der Waals surface area (Å²) in [5.74, 6) is -0.0986. The van der Waals surface area contributed by atoms with Crippen LogP contribution in [-0.4, -0.2) is 49.9 Å². The van der Waals surface area contributed by atoms with E-state index >= 15 is 0 Å². The van der Waals surface area contributed by atoms with Crippen molar-refractivity contribution in [2.24, 2.45) is 0 Å².